The van der Waals surface area contributed by atoms with Gasteiger partial charge in [-0.1, -0.05) is 25.0 Å². The molecule has 25 heavy (non-hydrogen) atoms. The molecule has 0 aliphatic carbocycles. The molecule has 0 saturated carbocycles. The van der Waals surface area contributed by atoms with Crippen LogP contribution in [0, 0.1) is 11.8 Å². The lowest BCUT2D eigenvalue weighted by Crippen LogP contribution is -2.34. The smallest absolute Gasteiger partial charge is 0.228 e. The van der Waals surface area contributed by atoms with Gasteiger partial charge in [-0.05, 0) is 49.3 Å². The highest BCUT2D eigenvalue weighted by atomic mass is 16.5. The molecule has 2 heterocycles. The van der Waals surface area contributed by atoms with E-state index >= 15 is 0 Å². The first-order chi connectivity index (χ1) is 12.2. The van der Waals surface area contributed by atoms with Crippen molar-refractivity contribution in [3.63, 3.8) is 0 Å². The monoisotopic (exact) mass is 338 g/mol. The van der Waals surface area contributed by atoms with Crippen molar-refractivity contribution in [2.75, 3.05) is 13.2 Å². The summed E-state index contributed by atoms with van der Waals surface area (Å²) in [6.07, 6.45) is 2.98. The standard InChI is InChI=1S/C21H26N2O2/c1-4-6-20-18(5-2)19-8-7-16(13-21(19)23(20)15(3)24)14-22-17-9-11-25-12-10-17/h7-8,13,17,22H,5,9-12,14H2,1-3H3. The number of hydrogen-bond donors (Lipinski definition) is 1. The minimum atomic E-state index is 0.0111. The third-order valence-electron chi connectivity index (χ3n) is 4.87. The number of carbonyl (C=O) groups is 1. The van der Waals surface area contributed by atoms with E-state index in [9.17, 15) is 4.79 Å². The Morgan fingerprint density at radius 1 is 1.36 bits per heavy atom. The van der Waals surface area contributed by atoms with Crippen molar-refractivity contribution in [2.45, 2.75) is 52.6 Å². The third kappa shape index (κ3) is 3.63. The van der Waals surface area contributed by atoms with Gasteiger partial charge in [0, 0.05) is 38.1 Å². The summed E-state index contributed by atoms with van der Waals surface area (Å²) < 4.78 is 7.18. The maximum Gasteiger partial charge on any atom is 0.228 e. The van der Waals surface area contributed by atoms with Gasteiger partial charge in [0.2, 0.25) is 5.91 Å². The van der Waals surface area contributed by atoms with Gasteiger partial charge in [-0.3, -0.25) is 9.36 Å². The molecule has 1 N–H and O–H groups in total. The molecule has 0 bridgehead atoms. The largest absolute Gasteiger partial charge is 0.381 e. The van der Waals surface area contributed by atoms with Crippen molar-refractivity contribution in [3.8, 4) is 11.8 Å². The predicted octanol–water partition coefficient (Wildman–Crippen LogP) is 3.50. The number of ether oxygens (including phenoxy) is 1. The molecule has 0 atom stereocenters. The summed E-state index contributed by atoms with van der Waals surface area (Å²) in [5.74, 6) is 6.09. The fourth-order valence-corrected chi connectivity index (χ4v) is 3.61. The van der Waals surface area contributed by atoms with E-state index < -0.39 is 0 Å². The van der Waals surface area contributed by atoms with Gasteiger partial charge < -0.3 is 10.1 Å². The second-order valence-corrected chi connectivity index (χ2v) is 6.53. The number of nitrogens with zero attached hydrogens (tertiary/aromatic N) is 1. The van der Waals surface area contributed by atoms with E-state index in [1.165, 1.54) is 5.56 Å². The number of aryl methyl sites for hydroxylation is 1. The maximum absolute atomic E-state index is 12.3. The molecule has 1 aromatic carbocycles. The number of rotatable bonds is 4. The molecule has 2 aromatic rings. The molecular formula is C21H26N2O2. The summed E-state index contributed by atoms with van der Waals surface area (Å²) in [5, 5.41) is 4.74. The first-order valence-electron chi connectivity index (χ1n) is 9.06. The van der Waals surface area contributed by atoms with E-state index in [0.29, 0.717) is 6.04 Å². The normalized spacial score (nSPS) is 15.2. The minimum absolute atomic E-state index is 0.0111. The number of hydrogen-bond acceptors (Lipinski definition) is 3. The highest BCUT2D eigenvalue weighted by Crippen LogP contribution is 2.27. The van der Waals surface area contributed by atoms with Crippen molar-refractivity contribution < 1.29 is 9.53 Å². The van der Waals surface area contributed by atoms with Crippen molar-refractivity contribution in [1.82, 2.24) is 9.88 Å². The van der Waals surface area contributed by atoms with Crippen LogP contribution in [0.2, 0.25) is 0 Å². The molecule has 4 nitrogen and oxygen atoms in total. The van der Waals surface area contributed by atoms with E-state index in [0.717, 1.165) is 61.2 Å². The van der Waals surface area contributed by atoms with Gasteiger partial charge in [-0.15, -0.1) is 0 Å². The molecule has 0 unspecified atom stereocenters. The SMILES string of the molecule is CC#Cc1c(CC)c2ccc(CNC3CCOCC3)cc2n1C(C)=O. The summed E-state index contributed by atoms with van der Waals surface area (Å²) in [6.45, 7) is 8.00. The Morgan fingerprint density at radius 2 is 2.12 bits per heavy atom. The quantitative estimate of drug-likeness (QED) is 0.868. The highest BCUT2D eigenvalue weighted by molar-refractivity contribution is 5.96. The van der Waals surface area contributed by atoms with Crippen LogP contribution in [-0.2, 0) is 17.7 Å². The first kappa shape index (κ1) is 17.7. The fraction of sp³-hybridized carbons (Fsp3) is 0.476. The van der Waals surface area contributed by atoms with Crippen LogP contribution in [0.15, 0.2) is 18.2 Å². The van der Waals surface area contributed by atoms with E-state index in [2.05, 4.69) is 42.3 Å². The molecule has 1 saturated heterocycles. The summed E-state index contributed by atoms with van der Waals surface area (Å²) in [4.78, 5) is 12.3. The molecule has 0 amide bonds. The second kappa shape index (κ2) is 7.86. The van der Waals surface area contributed by atoms with E-state index in [4.69, 9.17) is 4.74 Å². The van der Waals surface area contributed by atoms with E-state index in [-0.39, 0.29) is 5.91 Å². The predicted molar refractivity (Wildman–Crippen MR) is 101 cm³/mol. The van der Waals surface area contributed by atoms with Gasteiger partial charge in [-0.2, -0.15) is 0 Å². The van der Waals surface area contributed by atoms with Gasteiger partial charge in [0.25, 0.3) is 0 Å². The zero-order chi connectivity index (χ0) is 17.8. The zero-order valence-electron chi connectivity index (χ0n) is 15.3. The second-order valence-electron chi connectivity index (χ2n) is 6.53. The fourth-order valence-electron chi connectivity index (χ4n) is 3.61. The molecule has 1 aromatic heterocycles. The van der Waals surface area contributed by atoms with Gasteiger partial charge in [-0.25, -0.2) is 0 Å². The lowest BCUT2D eigenvalue weighted by molar-refractivity contribution is 0.0776. The van der Waals surface area contributed by atoms with Crippen LogP contribution >= 0.6 is 0 Å². The number of fused-ring (bicyclic) bond motifs is 1. The van der Waals surface area contributed by atoms with Gasteiger partial charge >= 0.3 is 0 Å². The molecule has 132 valence electrons. The van der Waals surface area contributed by atoms with Gasteiger partial charge in [0.05, 0.1) is 5.52 Å². The number of carbonyl (C=O) groups excluding carboxylic acids is 1. The summed E-state index contributed by atoms with van der Waals surface area (Å²) in [7, 11) is 0. The number of benzene rings is 1. The number of nitrogens with one attached hydrogen (secondary N) is 1. The molecular weight excluding hydrogens is 312 g/mol. The summed E-state index contributed by atoms with van der Waals surface area (Å²) in [5.41, 5.74) is 4.15. The molecule has 0 radical (unpaired) electrons. The average Bonchev–Trinajstić information content (AvgIpc) is 2.93. The molecule has 1 aliphatic heterocycles. The van der Waals surface area contributed by atoms with Crippen LogP contribution in [0.5, 0.6) is 0 Å². The Bertz CT molecular complexity index is 833. The first-order valence-corrected chi connectivity index (χ1v) is 9.06. The van der Waals surface area contributed by atoms with Crippen molar-refractivity contribution in [3.05, 3.63) is 35.0 Å². The summed E-state index contributed by atoms with van der Waals surface area (Å²) in [6, 6.07) is 6.93. The Labute approximate surface area is 149 Å². The van der Waals surface area contributed by atoms with E-state index in [1.54, 1.807) is 11.5 Å². The lowest BCUT2D eigenvalue weighted by Gasteiger charge is -2.23. The third-order valence-corrected chi connectivity index (χ3v) is 4.87. The zero-order valence-corrected chi connectivity index (χ0v) is 15.3. The van der Waals surface area contributed by atoms with Crippen LogP contribution in [0.4, 0.5) is 0 Å². The van der Waals surface area contributed by atoms with Crippen LogP contribution in [0.3, 0.4) is 0 Å². The maximum atomic E-state index is 12.3. The Morgan fingerprint density at radius 3 is 2.76 bits per heavy atom. The molecule has 1 aliphatic rings. The summed E-state index contributed by atoms with van der Waals surface area (Å²) >= 11 is 0. The van der Waals surface area contributed by atoms with Crippen molar-refractivity contribution in [2.24, 2.45) is 0 Å². The lowest BCUT2D eigenvalue weighted by atomic mass is 10.1. The Balaban J connectivity index is 1.96. The van der Waals surface area contributed by atoms with Gasteiger partial charge in [0.15, 0.2) is 0 Å². The Hall–Kier alpha value is -2.09. The Kier molecular flexibility index (Phi) is 5.57. The van der Waals surface area contributed by atoms with Crippen LogP contribution in [-0.4, -0.2) is 29.7 Å². The topological polar surface area (TPSA) is 43.3 Å². The molecule has 1 fully saturated rings. The van der Waals surface area contributed by atoms with Gasteiger partial charge in [0.1, 0.15) is 5.69 Å². The van der Waals surface area contributed by atoms with Crippen LogP contribution < -0.4 is 5.32 Å². The average molecular weight is 338 g/mol. The van der Waals surface area contributed by atoms with E-state index in [1.807, 2.05) is 6.92 Å². The minimum Gasteiger partial charge on any atom is -0.381 e. The number of aromatic nitrogens is 1. The molecule has 0 spiro atoms. The van der Waals surface area contributed by atoms with Crippen molar-refractivity contribution >= 4 is 16.8 Å². The van der Waals surface area contributed by atoms with Crippen LogP contribution in [0.25, 0.3) is 10.9 Å². The molecule has 3 rings (SSSR count). The molecule has 4 heteroatoms. The van der Waals surface area contributed by atoms with Crippen molar-refractivity contribution in [1.29, 1.82) is 0 Å². The van der Waals surface area contributed by atoms with Crippen LogP contribution in [0.1, 0.15) is 55.2 Å². The highest BCUT2D eigenvalue weighted by Gasteiger charge is 2.18.